The van der Waals surface area contributed by atoms with Crippen LogP contribution in [0.3, 0.4) is 0 Å². The van der Waals surface area contributed by atoms with E-state index < -0.39 is 54.0 Å². The van der Waals surface area contributed by atoms with E-state index in [9.17, 15) is 29.1 Å². The summed E-state index contributed by atoms with van der Waals surface area (Å²) in [5.41, 5.74) is -0.267. The molecule has 1 saturated heterocycles. The number of hydrogen-bond donors (Lipinski definition) is 5. The second-order valence-corrected chi connectivity index (χ2v) is 11.9. The van der Waals surface area contributed by atoms with Gasteiger partial charge in [0.15, 0.2) is 5.60 Å². The van der Waals surface area contributed by atoms with Crippen LogP contribution in [0.15, 0.2) is 79.1 Å². The second-order valence-electron chi connectivity index (χ2n) is 11.9. The topological polar surface area (TPSA) is 188 Å². The zero-order valence-electron chi connectivity index (χ0n) is 27.1. The number of ether oxygens (including phenoxy) is 2. The van der Waals surface area contributed by atoms with Crippen molar-refractivity contribution in [3.63, 3.8) is 0 Å². The van der Waals surface area contributed by atoms with Gasteiger partial charge in [-0.2, -0.15) is 0 Å². The van der Waals surface area contributed by atoms with Crippen molar-refractivity contribution in [1.29, 1.82) is 0 Å². The summed E-state index contributed by atoms with van der Waals surface area (Å²) in [6.45, 7) is 1.40. The smallest absolute Gasteiger partial charge is 0.265 e. The number of likely N-dealkylation sites (tertiary alicyclic amines) is 1. The third-order valence-electron chi connectivity index (χ3n) is 8.48. The molecule has 49 heavy (non-hydrogen) atoms. The molecule has 5 amide bonds. The van der Waals surface area contributed by atoms with Crippen molar-refractivity contribution in [2.45, 2.75) is 49.9 Å². The molecule has 1 spiro atoms. The predicted octanol–water partition coefficient (Wildman–Crippen LogP) is 0.353. The van der Waals surface area contributed by atoms with Crippen LogP contribution < -0.4 is 30.7 Å². The summed E-state index contributed by atoms with van der Waals surface area (Å²) in [4.78, 5) is 72.5. The van der Waals surface area contributed by atoms with Gasteiger partial charge in [0, 0.05) is 50.3 Å². The number of nitrogens with one attached hydrogen (secondary N) is 4. The number of carbonyl (C=O) groups is 5. The van der Waals surface area contributed by atoms with Crippen LogP contribution in [0.1, 0.15) is 35.7 Å². The summed E-state index contributed by atoms with van der Waals surface area (Å²) in [6, 6.07) is 15.4. The first-order valence-corrected chi connectivity index (χ1v) is 16.1. The van der Waals surface area contributed by atoms with E-state index in [-0.39, 0.29) is 51.4 Å². The predicted molar refractivity (Wildman–Crippen MR) is 176 cm³/mol. The van der Waals surface area contributed by atoms with Crippen molar-refractivity contribution in [3.8, 4) is 11.5 Å². The number of piperidine rings is 1. The van der Waals surface area contributed by atoms with Gasteiger partial charge >= 0.3 is 0 Å². The molecule has 3 aromatic rings. The van der Waals surface area contributed by atoms with Gasteiger partial charge in [0.1, 0.15) is 36.2 Å². The maximum Gasteiger partial charge on any atom is 0.265 e. The number of hydrogen-bond acceptors (Lipinski definition) is 9. The average molecular weight is 673 g/mol. The number of aliphatic hydroxyl groups excluding tert-OH is 1. The van der Waals surface area contributed by atoms with Gasteiger partial charge in [0.2, 0.25) is 17.7 Å². The van der Waals surface area contributed by atoms with Gasteiger partial charge in [-0.05, 0) is 48.9 Å². The van der Waals surface area contributed by atoms with Crippen LogP contribution in [0.4, 0.5) is 0 Å². The van der Waals surface area contributed by atoms with E-state index >= 15 is 0 Å². The van der Waals surface area contributed by atoms with Crippen molar-refractivity contribution in [1.82, 2.24) is 31.2 Å². The number of aromatic nitrogens is 1. The lowest BCUT2D eigenvalue weighted by atomic mass is 9.88. The Balaban J connectivity index is 1.45. The molecule has 0 saturated carbocycles. The fourth-order valence-corrected chi connectivity index (χ4v) is 5.64. The largest absolute Gasteiger partial charge is 0.492 e. The summed E-state index contributed by atoms with van der Waals surface area (Å²) in [6.07, 6.45) is 3.37. The Morgan fingerprint density at radius 1 is 0.857 bits per heavy atom. The first-order chi connectivity index (χ1) is 23.7. The van der Waals surface area contributed by atoms with Crippen LogP contribution in [-0.2, 0) is 25.6 Å². The molecule has 3 aliphatic rings. The standard InChI is InChI=1S/C35H40N6O8/c1-23-30(43)37-17-20-48-26-7-9-27(10-8-26)49-35(13-18-41(19-14-35)33(46)25-11-15-36-16-12-25)34(47)40-28(21-24-5-3-2-4-6-24)31(44)39-29(22-42)32(45)38-23/h2-12,15-16,23,28-29,42H,13-14,17-22H2,1H3,(H,37,43)(H,38,45)(H,39,44)(H,40,47)/t23-,28+,29-/m0/s1. The molecule has 2 aromatic carbocycles. The minimum atomic E-state index is -1.47. The first-order valence-electron chi connectivity index (χ1n) is 16.1. The number of pyridine rings is 1. The molecule has 0 radical (unpaired) electrons. The molecule has 1 fully saturated rings. The quantitative estimate of drug-likeness (QED) is 0.244. The molecule has 6 rings (SSSR count). The van der Waals surface area contributed by atoms with Gasteiger partial charge < -0.3 is 40.7 Å². The van der Waals surface area contributed by atoms with Crippen molar-refractivity contribution < 1.29 is 38.6 Å². The fourth-order valence-electron chi connectivity index (χ4n) is 5.64. The minimum Gasteiger partial charge on any atom is -0.492 e. The highest BCUT2D eigenvalue weighted by Crippen LogP contribution is 2.31. The Morgan fingerprint density at radius 3 is 2.18 bits per heavy atom. The molecule has 5 N–H and O–H groups in total. The number of nitrogens with zero attached hydrogens (tertiary/aromatic N) is 2. The molecule has 0 aliphatic carbocycles. The fraction of sp³-hybridized carbons (Fsp3) is 0.371. The molecule has 14 nitrogen and oxygen atoms in total. The molecule has 4 heterocycles. The van der Waals surface area contributed by atoms with Crippen molar-refractivity contribution in [2.75, 3.05) is 32.8 Å². The molecule has 3 atom stereocenters. The molecule has 2 bridgehead atoms. The molecule has 3 aliphatic heterocycles. The zero-order chi connectivity index (χ0) is 34.8. The highest BCUT2D eigenvalue weighted by Gasteiger charge is 2.46. The molecule has 1 aromatic heterocycles. The Bertz CT molecular complexity index is 1610. The Labute approximate surface area is 283 Å². The van der Waals surface area contributed by atoms with Gasteiger partial charge in [-0.1, -0.05) is 30.3 Å². The van der Waals surface area contributed by atoms with E-state index in [2.05, 4.69) is 26.3 Å². The van der Waals surface area contributed by atoms with Crippen LogP contribution >= 0.6 is 0 Å². The van der Waals surface area contributed by atoms with E-state index in [1.807, 2.05) is 6.07 Å². The third-order valence-corrected chi connectivity index (χ3v) is 8.48. The van der Waals surface area contributed by atoms with E-state index in [4.69, 9.17) is 9.47 Å². The summed E-state index contributed by atoms with van der Waals surface area (Å²) < 4.78 is 12.2. The molecular weight excluding hydrogens is 632 g/mol. The minimum absolute atomic E-state index is 0.0613. The third kappa shape index (κ3) is 8.90. The monoisotopic (exact) mass is 672 g/mol. The Kier molecular flexibility index (Phi) is 11.4. The maximum atomic E-state index is 14.3. The lowest BCUT2D eigenvalue weighted by Gasteiger charge is -2.41. The molecule has 14 heteroatoms. The van der Waals surface area contributed by atoms with Crippen LogP contribution in [0, 0.1) is 0 Å². The highest BCUT2D eigenvalue weighted by molar-refractivity contribution is 5.96. The molecule has 258 valence electrons. The number of aliphatic hydroxyl groups is 1. The van der Waals surface area contributed by atoms with Gasteiger partial charge in [-0.25, -0.2) is 0 Å². The lowest BCUT2D eigenvalue weighted by molar-refractivity contribution is -0.144. The summed E-state index contributed by atoms with van der Waals surface area (Å²) in [5, 5.41) is 20.6. The number of benzene rings is 2. The van der Waals surface area contributed by atoms with Gasteiger partial charge in [-0.3, -0.25) is 29.0 Å². The van der Waals surface area contributed by atoms with Gasteiger partial charge in [-0.15, -0.1) is 0 Å². The Hall–Kier alpha value is -5.50. The van der Waals surface area contributed by atoms with E-state index in [1.165, 1.54) is 19.3 Å². The number of amides is 5. The maximum absolute atomic E-state index is 14.3. The van der Waals surface area contributed by atoms with Gasteiger partial charge in [0.25, 0.3) is 11.8 Å². The average Bonchev–Trinajstić information content (AvgIpc) is 3.12. The first kappa shape index (κ1) is 34.8. The van der Waals surface area contributed by atoms with Crippen molar-refractivity contribution in [3.05, 3.63) is 90.3 Å². The lowest BCUT2D eigenvalue weighted by Crippen LogP contribution is -2.62. The van der Waals surface area contributed by atoms with Gasteiger partial charge in [0.05, 0.1) is 13.2 Å². The number of rotatable bonds is 4. The second kappa shape index (κ2) is 16.1. The number of fused-ring (bicyclic) bond motifs is 15. The SMILES string of the molecule is C[C@@H]1NC(=O)[C@H](CO)NC(=O)[C@@H](Cc2ccccc2)NC(=O)C2(CCN(C(=O)c3ccncc3)CC2)Oc2ccc(cc2)OCCNC1=O. The highest BCUT2D eigenvalue weighted by atomic mass is 16.5. The van der Waals surface area contributed by atoms with E-state index in [1.54, 1.807) is 65.6 Å². The van der Waals surface area contributed by atoms with Crippen LogP contribution in [0.25, 0.3) is 0 Å². The summed E-state index contributed by atoms with van der Waals surface area (Å²) in [5.74, 6) is -1.89. The van der Waals surface area contributed by atoms with Crippen LogP contribution in [0.2, 0.25) is 0 Å². The normalized spacial score (nSPS) is 22.1. The zero-order valence-corrected chi connectivity index (χ0v) is 27.1. The summed E-state index contributed by atoms with van der Waals surface area (Å²) >= 11 is 0. The van der Waals surface area contributed by atoms with Crippen LogP contribution in [-0.4, -0.2) is 101 Å². The Morgan fingerprint density at radius 2 is 1.51 bits per heavy atom. The number of carbonyl (C=O) groups excluding carboxylic acids is 5. The molecular formula is C35H40N6O8. The molecule has 0 unspecified atom stereocenters. The van der Waals surface area contributed by atoms with Crippen molar-refractivity contribution in [2.24, 2.45) is 0 Å². The summed E-state index contributed by atoms with van der Waals surface area (Å²) in [7, 11) is 0. The van der Waals surface area contributed by atoms with Crippen LogP contribution in [0.5, 0.6) is 11.5 Å². The van der Waals surface area contributed by atoms with Crippen molar-refractivity contribution >= 4 is 29.5 Å². The van der Waals surface area contributed by atoms with E-state index in [0.29, 0.717) is 17.1 Å². The van der Waals surface area contributed by atoms with E-state index in [0.717, 1.165) is 5.56 Å².